The van der Waals surface area contributed by atoms with Gasteiger partial charge >= 0.3 is 6.03 Å². The van der Waals surface area contributed by atoms with Gasteiger partial charge < -0.3 is 25.1 Å². The molecule has 3 rings (SSSR count). The van der Waals surface area contributed by atoms with Gasteiger partial charge in [0, 0.05) is 32.7 Å². The number of benzene rings is 1. The van der Waals surface area contributed by atoms with Crippen molar-refractivity contribution in [2.45, 2.75) is 26.2 Å². The quantitative estimate of drug-likeness (QED) is 0.792. The molecule has 0 aliphatic carbocycles. The molecule has 2 aliphatic rings. The average molecular weight is 361 g/mol. The van der Waals surface area contributed by atoms with Gasteiger partial charge in [0.15, 0.2) is 0 Å². The van der Waals surface area contributed by atoms with Gasteiger partial charge in [-0.15, -0.1) is 0 Å². The number of phenols is 1. The lowest BCUT2D eigenvalue weighted by molar-refractivity contribution is 0.184. The zero-order chi connectivity index (χ0) is 18.4. The van der Waals surface area contributed by atoms with Crippen LogP contribution in [0.3, 0.4) is 0 Å². The van der Waals surface area contributed by atoms with Crippen molar-refractivity contribution in [1.29, 1.82) is 0 Å². The van der Waals surface area contributed by atoms with Gasteiger partial charge in [0.25, 0.3) is 0 Å². The molecule has 0 saturated carbocycles. The summed E-state index contributed by atoms with van der Waals surface area (Å²) in [6.45, 7) is 9.41. The van der Waals surface area contributed by atoms with E-state index in [0.717, 1.165) is 44.2 Å². The SMILES string of the molecule is CC1CCN(CCCNC(=O)N2CCN(c3ccccc3O)CC2)CC1. The zero-order valence-corrected chi connectivity index (χ0v) is 15.9. The van der Waals surface area contributed by atoms with Gasteiger partial charge in [-0.05, 0) is 56.9 Å². The number of likely N-dealkylation sites (tertiary alicyclic amines) is 1. The molecule has 0 aromatic heterocycles. The van der Waals surface area contributed by atoms with Crippen LogP contribution in [0.15, 0.2) is 24.3 Å². The van der Waals surface area contributed by atoms with Gasteiger partial charge in [0.2, 0.25) is 0 Å². The Hall–Kier alpha value is -1.95. The third-order valence-electron chi connectivity index (χ3n) is 5.59. The van der Waals surface area contributed by atoms with E-state index in [-0.39, 0.29) is 6.03 Å². The summed E-state index contributed by atoms with van der Waals surface area (Å²) in [5.41, 5.74) is 0.850. The fourth-order valence-electron chi connectivity index (χ4n) is 3.78. The van der Waals surface area contributed by atoms with E-state index in [1.165, 1.54) is 25.9 Å². The molecule has 0 atom stereocenters. The Labute approximate surface area is 156 Å². The molecular formula is C20H32N4O2. The Balaban J connectivity index is 1.33. The van der Waals surface area contributed by atoms with Crippen molar-refractivity contribution in [3.05, 3.63) is 24.3 Å². The lowest BCUT2D eigenvalue weighted by atomic mass is 9.99. The summed E-state index contributed by atoms with van der Waals surface area (Å²) in [6.07, 6.45) is 3.61. The van der Waals surface area contributed by atoms with Crippen LogP contribution in [0, 0.1) is 5.92 Å². The predicted octanol–water partition coefficient (Wildman–Crippen LogP) is 2.35. The lowest BCUT2D eigenvalue weighted by Gasteiger charge is -2.36. The van der Waals surface area contributed by atoms with Crippen LogP contribution in [0.1, 0.15) is 26.2 Å². The van der Waals surface area contributed by atoms with Crippen molar-refractivity contribution < 1.29 is 9.90 Å². The maximum atomic E-state index is 12.3. The molecule has 1 aromatic rings. The van der Waals surface area contributed by atoms with Crippen LogP contribution in [0.2, 0.25) is 0 Å². The second-order valence-electron chi connectivity index (χ2n) is 7.57. The number of anilines is 1. The van der Waals surface area contributed by atoms with Crippen LogP contribution in [0.25, 0.3) is 0 Å². The van der Waals surface area contributed by atoms with Crippen molar-refractivity contribution in [2.24, 2.45) is 5.92 Å². The monoisotopic (exact) mass is 360 g/mol. The van der Waals surface area contributed by atoms with Crippen molar-refractivity contribution in [3.8, 4) is 5.75 Å². The molecule has 2 fully saturated rings. The van der Waals surface area contributed by atoms with E-state index in [4.69, 9.17) is 0 Å². The first kappa shape index (κ1) is 18.8. The number of phenolic OH excluding ortho intramolecular Hbond substituents is 1. The summed E-state index contributed by atoms with van der Waals surface area (Å²) >= 11 is 0. The maximum absolute atomic E-state index is 12.3. The van der Waals surface area contributed by atoms with E-state index in [1.54, 1.807) is 6.07 Å². The summed E-state index contributed by atoms with van der Waals surface area (Å²) < 4.78 is 0. The Morgan fingerprint density at radius 2 is 1.81 bits per heavy atom. The number of carbonyl (C=O) groups is 1. The number of para-hydroxylation sites is 2. The maximum Gasteiger partial charge on any atom is 0.317 e. The van der Waals surface area contributed by atoms with Gasteiger partial charge in [-0.25, -0.2) is 4.79 Å². The largest absolute Gasteiger partial charge is 0.506 e. The molecule has 0 bridgehead atoms. The summed E-state index contributed by atoms with van der Waals surface area (Å²) in [4.78, 5) is 18.9. The first-order valence-electron chi connectivity index (χ1n) is 9.91. The van der Waals surface area contributed by atoms with Crippen molar-refractivity contribution >= 4 is 11.7 Å². The fourth-order valence-corrected chi connectivity index (χ4v) is 3.78. The molecule has 2 saturated heterocycles. The summed E-state index contributed by atoms with van der Waals surface area (Å²) in [7, 11) is 0. The van der Waals surface area contributed by atoms with Gasteiger partial charge in [-0.3, -0.25) is 0 Å². The molecule has 2 aliphatic heterocycles. The second kappa shape index (κ2) is 9.12. The van der Waals surface area contributed by atoms with Crippen LogP contribution in [-0.4, -0.2) is 73.3 Å². The van der Waals surface area contributed by atoms with E-state index in [0.29, 0.717) is 18.8 Å². The molecule has 0 radical (unpaired) electrons. The van der Waals surface area contributed by atoms with E-state index in [1.807, 2.05) is 23.1 Å². The molecule has 144 valence electrons. The smallest absolute Gasteiger partial charge is 0.317 e. The summed E-state index contributed by atoms with van der Waals surface area (Å²) in [5, 5.41) is 13.0. The van der Waals surface area contributed by atoms with Crippen LogP contribution in [0.5, 0.6) is 5.75 Å². The van der Waals surface area contributed by atoms with E-state index >= 15 is 0 Å². The third-order valence-corrected chi connectivity index (χ3v) is 5.59. The molecule has 0 unspecified atom stereocenters. The van der Waals surface area contributed by atoms with Gasteiger partial charge in [0.05, 0.1) is 5.69 Å². The van der Waals surface area contributed by atoms with Crippen LogP contribution >= 0.6 is 0 Å². The number of carbonyl (C=O) groups excluding carboxylic acids is 1. The number of hydrogen-bond acceptors (Lipinski definition) is 4. The van der Waals surface area contributed by atoms with E-state index < -0.39 is 0 Å². The Morgan fingerprint density at radius 3 is 2.50 bits per heavy atom. The highest BCUT2D eigenvalue weighted by Crippen LogP contribution is 2.27. The topological polar surface area (TPSA) is 59.1 Å². The minimum atomic E-state index is 0.0363. The number of aromatic hydroxyl groups is 1. The van der Waals surface area contributed by atoms with Crippen molar-refractivity contribution in [1.82, 2.24) is 15.1 Å². The van der Waals surface area contributed by atoms with Gasteiger partial charge in [-0.1, -0.05) is 19.1 Å². The highest BCUT2D eigenvalue weighted by molar-refractivity contribution is 5.74. The Kier molecular flexibility index (Phi) is 6.61. The number of urea groups is 1. The molecule has 6 heteroatoms. The first-order valence-corrected chi connectivity index (χ1v) is 9.91. The van der Waals surface area contributed by atoms with E-state index in [9.17, 15) is 9.90 Å². The van der Waals surface area contributed by atoms with Crippen molar-refractivity contribution in [3.63, 3.8) is 0 Å². The standard InChI is InChI=1S/C20H32N4O2/c1-17-7-11-22(12-8-17)10-4-9-21-20(26)24-15-13-23(14-16-24)18-5-2-3-6-19(18)25/h2-3,5-6,17,25H,4,7-16H2,1H3,(H,21,26). The van der Waals surface area contributed by atoms with Crippen LogP contribution < -0.4 is 10.2 Å². The number of rotatable bonds is 5. The number of hydrogen-bond donors (Lipinski definition) is 2. The normalized spacial score (nSPS) is 19.6. The third kappa shape index (κ3) is 5.04. The molecule has 6 nitrogen and oxygen atoms in total. The van der Waals surface area contributed by atoms with Gasteiger partial charge in [0.1, 0.15) is 5.75 Å². The number of nitrogens with one attached hydrogen (secondary N) is 1. The second-order valence-corrected chi connectivity index (χ2v) is 7.57. The van der Waals surface area contributed by atoms with Crippen molar-refractivity contribution in [2.75, 3.05) is 57.3 Å². The molecule has 0 spiro atoms. The summed E-state index contributed by atoms with van der Waals surface area (Å²) in [6, 6.07) is 7.42. The number of piperidine rings is 1. The first-order chi connectivity index (χ1) is 12.6. The number of nitrogens with zero attached hydrogens (tertiary/aromatic N) is 3. The zero-order valence-electron chi connectivity index (χ0n) is 15.9. The molecule has 2 amide bonds. The lowest BCUT2D eigenvalue weighted by Crippen LogP contribution is -2.52. The van der Waals surface area contributed by atoms with Crippen LogP contribution in [-0.2, 0) is 0 Å². The Morgan fingerprint density at radius 1 is 1.12 bits per heavy atom. The minimum Gasteiger partial charge on any atom is -0.506 e. The van der Waals surface area contributed by atoms with Gasteiger partial charge in [-0.2, -0.15) is 0 Å². The molecule has 2 N–H and O–H groups in total. The highest BCUT2D eigenvalue weighted by atomic mass is 16.3. The molecule has 2 heterocycles. The van der Waals surface area contributed by atoms with E-state index in [2.05, 4.69) is 22.0 Å². The minimum absolute atomic E-state index is 0.0363. The molecule has 26 heavy (non-hydrogen) atoms. The van der Waals surface area contributed by atoms with Crippen LogP contribution in [0.4, 0.5) is 10.5 Å². The Bertz CT molecular complexity index is 579. The number of piperazine rings is 1. The molecular weight excluding hydrogens is 328 g/mol. The fraction of sp³-hybridized carbons (Fsp3) is 0.650. The highest BCUT2D eigenvalue weighted by Gasteiger charge is 2.22. The number of amides is 2. The average Bonchev–Trinajstić information content (AvgIpc) is 2.67. The predicted molar refractivity (Wildman–Crippen MR) is 105 cm³/mol. The summed E-state index contributed by atoms with van der Waals surface area (Å²) in [5.74, 6) is 1.17. The molecule has 1 aromatic carbocycles.